The molecule has 0 aromatic heterocycles. The van der Waals surface area contributed by atoms with Crippen molar-refractivity contribution in [3.8, 4) is 11.5 Å². The lowest BCUT2D eigenvalue weighted by Gasteiger charge is -2.14. The van der Waals surface area contributed by atoms with Gasteiger partial charge in [0.05, 0.1) is 11.4 Å². The Morgan fingerprint density at radius 3 is 2.58 bits per heavy atom. The molecule has 4 N–H and O–H groups in total. The Balaban J connectivity index is 2.47. The van der Waals surface area contributed by atoms with Crippen molar-refractivity contribution in [3.63, 3.8) is 0 Å². The second-order valence-corrected chi connectivity index (χ2v) is 4.45. The van der Waals surface area contributed by atoms with E-state index in [1.807, 2.05) is 25.1 Å². The molecule has 0 aliphatic rings. The first-order valence-corrected chi connectivity index (χ1v) is 6.21. The maximum Gasteiger partial charge on any atom is 0.188 e. The predicted octanol–water partition coefficient (Wildman–Crippen LogP) is 4.00. The van der Waals surface area contributed by atoms with E-state index in [4.69, 9.17) is 27.8 Å². The lowest BCUT2D eigenvalue weighted by molar-refractivity contribution is 0.441. The number of nitrogen functional groups attached to an aromatic ring is 2. The first kappa shape index (κ1) is 13.5. The van der Waals surface area contributed by atoms with Crippen LogP contribution in [-0.4, -0.2) is 0 Å². The summed E-state index contributed by atoms with van der Waals surface area (Å²) in [6, 6.07) is 8.74. The zero-order valence-corrected chi connectivity index (χ0v) is 11.2. The third-order valence-corrected chi connectivity index (χ3v) is 3.17. The van der Waals surface area contributed by atoms with Crippen LogP contribution >= 0.6 is 11.6 Å². The molecule has 0 aliphatic carbocycles. The molecule has 5 heteroatoms. The van der Waals surface area contributed by atoms with Gasteiger partial charge in [-0.25, -0.2) is 4.39 Å². The minimum absolute atomic E-state index is 0.0905. The van der Waals surface area contributed by atoms with Gasteiger partial charge in [0.1, 0.15) is 10.8 Å². The minimum Gasteiger partial charge on any atom is -0.452 e. The van der Waals surface area contributed by atoms with Gasteiger partial charge in [0.25, 0.3) is 0 Å². The summed E-state index contributed by atoms with van der Waals surface area (Å²) in [7, 11) is 0. The highest BCUT2D eigenvalue weighted by molar-refractivity contribution is 6.33. The standard InChI is InChI=1S/C14H14ClFN2O/c1-2-8-5-3-4-6-11(8)19-14-10(18)7-9(17)12(15)13(14)16/h3-7H,2,17-18H2,1H3. The Morgan fingerprint density at radius 2 is 1.89 bits per heavy atom. The van der Waals surface area contributed by atoms with Crippen LogP contribution < -0.4 is 16.2 Å². The Bertz CT molecular complexity index is 617. The van der Waals surface area contributed by atoms with E-state index in [9.17, 15) is 4.39 Å². The SMILES string of the molecule is CCc1ccccc1Oc1c(N)cc(N)c(Cl)c1F. The van der Waals surface area contributed by atoms with Gasteiger partial charge in [-0.3, -0.25) is 0 Å². The Morgan fingerprint density at radius 1 is 1.21 bits per heavy atom. The molecule has 0 atom stereocenters. The summed E-state index contributed by atoms with van der Waals surface area (Å²) >= 11 is 5.76. The van der Waals surface area contributed by atoms with Crippen LogP contribution in [0.15, 0.2) is 30.3 Å². The van der Waals surface area contributed by atoms with E-state index in [-0.39, 0.29) is 22.1 Å². The Labute approximate surface area is 115 Å². The zero-order valence-electron chi connectivity index (χ0n) is 10.4. The molecule has 0 aliphatic heterocycles. The van der Waals surface area contributed by atoms with Crippen LogP contribution in [0.5, 0.6) is 11.5 Å². The molecule has 0 bridgehead atoms. The monoisotopic (exact) mass is 280 g/mol. The van der Waals surface area contributed by atoms with E-state index < -0.39 is 5.82 Å². The van der Waals surface area contributed by atoms with Gasteiger partial charge in [-0.2, -0.15) is 0 Å². The van der Waals surface area contributed by atoms with E-state index in [0.29, 0.717) is 5.75 Å². The van der Waals surface area contributed by atoms with Crippen molar-refractivity contribution < 1.29 is 9.13 Å². The van der Waals surface area contributed by atoms with Crippen molar-refractivity contribution in [1.29, 1.82) is 0 Å². The highest BCUT2D eigenvalue weighted by Gasteiger charge is 2.17. The summed E-state index contributed by atoms with van der Waals surface area (Å²) in [5.74, 6) is -0.290. The molecule has 3 nitrogen and oxygen atoms in total. The summed E-state index contributed by atoms with van der Waals surface area (Å²) in [5.41, 5.74) is 12.4. The van der Waals surface area contributed by atoms with Crippen LogP contribution in [0.1, 0.15) is 12.5 Å². The number of rotatable bonds is 3. The number of hydrogen-bond acceptors (Lipinski definition) is 3. The van der Waals surface area contributed by atoms with Gasteiger partial charge in [0.15, 0.2) is 11.6 Å². The van der Waals surface area contributed by atoms with E-state index >= 15 is 0 Å². The number of anilines is 2. The van der Waals surface area contributed by atoms with Crippen LogP contribution in [0, 0.1) is 5.82 Å². The van der Waals surface area contributed by atoms with Gasteiger partial charge < -0.3 is 16.2 Å². The summed E-state index contributed by atoms with van der Waals surface area (Å²) < 4.78 is 19.6. The first-order chi connectivity index (χ1) is 9.04. The average Bonchev–Trinajstić information content (AvgIpc) is 2.41. The number of ether oxygens (including phenoxy) is 1. The average molecular weight is 281 g/mol. The largest absolute Gasteiger partial charge is 0.452 e. The van der Waals surface area contributed by atoms with Crippen LogP contribution in [0.25, 0.3) is 0 Å². The molecule has 0 unspecified atom stereocenters. The number of nitrogens with two attached hydrogens (primary N) is 2. The molecule has 0 saturated carbocycles. The minimum atomic E-state index is -0.745. The van der Waals surface area contributed by atoms with Gasteiger partial charge in [-0.05, 0) is 24.1 Å². The van der Waals surface area contributed by atoms with Gasteiger partial charge >= 0.3 is 0 Å². The molecule has 2 rings (SSSR count). The molecule has 0 amide bonds. The lowest BCUT2D eigenvalue weighted by atomic mass is 10.1. The van der Waals surface area contributed by atoms with Crippen molar-refractivity contribution in [3.05, 3.63) is 46.7 Å². The lowest BCUT2D eigenvalue weighted by Crippen LogP contribution is -2.00. The van der Waals surface area contributed by atoms with Crippen molar-refractivity contribution in [2.45, 2.75) is 13.3 Å². The summed E-state index contributed by atoms with van der Waals surface area (Å²) in [4.78, 5) is 0. The normalized spacial score (nSPS) is 10.5. The van der Waals surface area contributed by atoms with Crippen LogP contribution in [0.3, 0.4) is 0 Å². The molecular weight excluding hydrogens is 267 g/mol. The maximum atomic E-state index is 14.0. The molecule has 2 aromatic carbocycles. The van der Waals surface area contributed by atoms with Crippen molar-refractivity contribution >= 4 is 23.0 Å². The van der Waals surface area contributed by atoms with Gasteiger partial charge in [0, 0.05) is 0 Å². The fourth-order valence-corrected chi connectivity index (χ4v) is 1.90. The molecule has 100 valence electrons. The number of para-hydroxylation sites is 1. The molecule has 19 heavy (non-hydrogen) atoms. The quantitative estimate of drug-likeness (QED) is 0.836. The topological polar surface area (TPSA) is 61.3 Å². The first-order valence-electron chi connectivity index (χ1n) is 5.83. The third kappa shape index (κ3) is 2.58. The van der Waals surface area contributed by atoms with Gasteiger partial charge in [-0.15, -0.1) is 0 Å². The fourth-order valence-electron chi connectivity index (χ4n) is 1.76. The summed E-state index contributed by atoms with van der Waals surface area (Å²) in [6.45, 7) is 1.98. The van der Waals surface area contributed by atoms with Crippen LogP contribution in [0.4, 0.5) is 15.8 Å². The van der Waals surface area contributed by atoms with Crippen molar-refractivity contribution in [2.75, 3.05) is 11.5 Å². The highest BCUT2D eigenvalue weighted by atomic mass is 35.5. The van der Waals surface area contributed by atoms with Crippen LogP contribution in [0.2, 0.25) is 5.02 Å². The zero-order chi connectivity index (χ0) is 14.0. The fraction of sp³-hybridized carbons (Fsp3) is 0.143. The molecule has 0 fully saturated rings. The van der Waals surface area contributed by atoms with Gasteiger partial charge in [0.2, 0.25) is 0 Å². The number of benzene rings is 2. The predicted molar refractivity (Wildman–Crippen MR) is 76.1 cm³/mol. The second-order valence-electron chi connectivity index (χ2n) is 4.08. The second kappa shape index (κ2) is 5.36. The van der Waals surface area contributed by atoms with E-state index in [1.165, 1.54) is 6.07 Å². The van der Waals surface area contributed by atoms with E-state index in [1.54, 1.807) is 6.07 Å². The third-order valence-electron chi connectivity index (χ3n) is 2.78. The molecule has 0 saturated heterocycles. The van der Waals surface area contributed by atoms with Gasteiger partial charge in [-0.1, -0.05) is 36.7 Å². The molecule has 0 heterocycles. The number of halogens is 2. The smallest absolute Gasteiger partial charge is 0.188 e. The van der Waals surface area contributed by atoms with Crippen molar-refractivity contribution in [2.24, 2.45) is 0 Å². The summed E-state index contributed by atoms with van der Waals surface area (Å²) in [5, 5.41) is -0.182. The van der Waals surface area contributed by atoms with Crippen molar-refractivity contribution in [1.82, 2.24) is 0 Å². The Kier molecular flexibility index (Phi) is 3.81. The number of hydrogen-bond donors (Lipinski definition) is 2. The molecular formula is C14H14ClFN2O. The summed E-state index contributed by atoms with van der Waals surface area (Å²) in [6.07, 6.45) is 0.764. The highest BCUT2D eigenvalue weighted by Crippen LogP contribution is 2.38. The molecule has 2 aromatic rings. The maximum absolute atomic E-state index is 14.0. The van der Waals surface area contributed by atoms with E-state index in [2.05, 4.69) is 0 Å². The molecule has 0 radical (unpaired) electrons. The number of aryl methyl sites for hydroxylation is 1. The Hall–Kier alpha value is -1.94. The molecule has 0 spiro atoms. The van der Waals surface area contributed by atoms with E-state index in [0.717, 1.165) is 12.0 Å². The van der Waals surface area contributed by atoms with Crippen LogP contribution in [-0.2, 0) is 6.42 Å².